The van der Waals surface area contributed by atoms with E-state index >= 15 is 0 Å². The number of hydrogen-bond acceptors (Lipinski definition) is 3. The van der Waals surface area contributed by atoms with Gasteiger partial charge in [0.1, 0.15) is 0 Å². The van der Waals surface area contributed by atoms with Crippen LogP contribution in [0.4, 0.5) is 0 Å². The third-order valence-electron chi connectivity index (χ3n) is 2.31. The summed E-state index contributed by atoms with van der Waals surface area (Å²) in [7, 11) is 0. The van der Waals surface area contributed by atoms with Gasteiger partial charge in [-0.15, -0.1) is 0 Å². The van der Waals surface area contributed by atoms with Crippen molar-refractivity contribution in [2.24, 2.45) is 0 Å². The molecule has 0 aromatic carbocycles. The fraction of sp³-hybridized carbons (Fsp3) is 0.923. The highest BCUT2D eigenvalue weighted by Crippen LogP contribution is 2.10. The predicted octanol–water partition coefficient (Wildman–Crippen LogP) is 4.40. The SMILES string of the molecule is CCCCCSCC(=O)CSCCCCC. The lowest BCUT2D eigenvalue weighted by Crippen LogP contribution is -2.05. The van der Waals surface area contributed by atoms with Crippen LogP contribution in [0.3, 0.4) is 0 Å². The maximum Gasteiger partial charge on any atom is 0.152 e. The summed E-state index contributed by atoms with van der Waals surface area (Å²) in [5.41, 5.74) is 0. The molecule has 0 unspecified atom stereocenters. The predicted molar refractivity (Wildman–Crippen MR) is 78.7 cm³/mol. The van der Waals surface area contributed by atoms with Crippen molar-refractivity contribution in [3.05, 3.63) is 0 Å². The van der Waals surface area contributed by atoms with E-state index in [0.29, 0.717) is 5.78 Å². The first-order valence-electron chi connectivity index (χ1n) is 6.48. The van der Waals surface area contributed by atoms with Gasteiger partial charge in [-0.05, 0) is 24.3 Å². The zero-order valence-electron chi connectivity index (χ0n) is 10.8. The van der Waals surface area contributed by atoms with Gasteiger partial charge in [-0.2, -0.15) is 23.5 Å². The van der Waals surface area contributed by atoms with E-state index in [9.17, 15) is 4.79 Å². The van der Waals surface area contributed by atoms with Gasteiger partial charge in [0.2, 0.25) is 0 Å². The van der Waals surface area contributed by atoms with E-state index in [1.54, 1.807) is 23.5 Å². The summed E-state index contributed by atoms with van der Waals surface area (Å²) in [6.45, 7) is 4.42. The highest BCUT2D eigenvalue weighted by Gasteiger charge is 2.01. The Labute approximate surface area is 110 Å². The number of ketones is 1. The lowest BCUT2D eigenvalue weighted by Gasteiger charge is -2.01. The highest BCUT2D eigenvalue weighted by molar-refractivity contribution is 8.01. The first kappa shape index (κ1) is 16.4. The molecule has 0 radical (unpaired) electrons. The normalized spacial score (nSPS) is 10.6. The van der Waals surface area contributed by atoms with Crippen LogP contribution in [-0.2, 0) is 4.79 Å². The number of hydrogen-bond donors (Lipinski definition) is 0. The second-order valence-electron chi connectivity index (χ2n) is 4.06. The van der Waals surface area contributed by atoms with Crippen molar-refractivity contribution >= 4 is 29.3 Å². The monoisotopic (exact) mass is 262 g/mol. The molecular formula is C13H26OS2. The summed E-state index contributed by atoms with van der Waals surface area (Å²) in [6, 6.07) is 0. The van der Waals surface area contributed by atoms with Gasteiger partial charge < -0.3 is 0 Å². The van der Waals surface area contributed by atoms with Crippen LogP contribution in [0.15, 0.2) is 0 Å². The lowest BCUT2D eigenvalue weighted by molar-refractivity contribution is -0.114. The summed E-state index contributed by atoms with van der Waals surface area (Å²) in [6.07, 6.45) is 7.65. The molecule has 0 saturated heterocycles. The Morgan fingerprint density at radius 2 is 1.25 bits per heavy atom. The summed E-state index contributed by atoms with van der Waals surface area (Å²) in [5.74, 6) is 4.18. The number of carbonyl (C=O) groups is 1. The molecule has 0 amide bonds. The molecule has 0 bridgehead atoms. The van der Waals surface area contributed by atoms with Crippen LogP contribution >= 0.6 is 23.5 Å². The molecule has 0 aliphatic carbocycles. The van der Waals surface area contributed by atoms with Crippen molar-refractivity contribution in [1.82, 2.24) is 0 Å². The maximum absolute atomic E-state index is 11.5. The molecule has 0 aromatic rings. The summed E-state index contributed by atoms with van der Waals surface area (Å²) < 4.78 is 0. The molecule has 3 heteroatoms. The van der Waals surface area contributed by atoms with Crippen LogP contribution in [-0.4, -0.2) is 28.8 Å². The molecule has 1 nitrogen and oxygen atoms in total. The molecule has 0 aliphatic rings. The summed E-state index contributed by atoms with van der Waals surface area (Å²) >= 11 is 3.61. The minimum absolute atomic E-state index is 0.419. The van der Waals surface area contributed by atoms with Crippen LogP contribution in [0, 0.1) is 0 Å². The van der Waals surface area contributed by atoms with Crippen LogP contribution in [0.2, 0.25) is 0 Å². The average Bonchev–Trinajstić information content (AvgIpc) is 2.28. The van der Waals surface area contributed by atoms with Crippen LogP contribution in [0.5, 0.6) is 0 Å². The topological polar surface area (TPSA) is 17.1 Å². The standard InChI is InChI=1S/C13H26OS2/c1-3-5-7-9-15-11-13(14)12-16-10-8-6-4-2/h3-12H2,1-2H3. The zero-order chi connectivity index (χ0) is 12.1. The zero-order valence-corrected chi connectivity index (χ0v) is 12.4. The summed E-state index contributed by atoms with van der Waals surface area (Å²) in [5, 5.41) is 0. The van der Waals surface area contributed by atoms with E-state index in [1.165, 1.54) is 38.5 Å². The molecule has 0 heterocycles. The Morgan fingerprint density at radius 1 is 0.812 bits per heavy atom. The molecule has 0 aliphatic heterocycles. The van der Waals surface area contributed by atoms with Crippen molar-refractivity contribution < 1.29 is 4.79 Å². The average molecular weight is 262 g/mol. The lowest BCUT2D eigenvalue weighted by atomic mass is 10.3. The Morgan fingerprint density at radius 3 is 1.62 bits per heavy atom. The third-order valence-corrected chi connectivity index (χ3v) is 4.52. The van der Waals surface area contributed by atoms with Crippen molar-refractivity contribution in [1.29, 1.82) is 0 Å². The largest absolute Gasteiger partial charge is 0.298 e. The van der Waals surface area contributed by atoms with Gasteiger partial charge in [-0.1, -0.05) is 39.5 Å². The van der Waals surface area contributed by atoms with Gasteiger partial charge >= 0.3 is 0 Å². The van der Waals surface area contributed by atoms with Crippen LogP contribution < -0.4 is 0 Å². The van der Waals surface area contributed by atoms with E-state index in [2.05, 4.69) is 13.8 Å². The fourth-order valence-electron chi connectivity index (χ4n) is 1.32. The van der Waals surface area contributed by atoms with Crippen LogP contribution in [0.1, 0.15) is 52.4 Å². The van der Waals surface area contributed by atoms with Gasteiger partial charge in [-0.3, -0.25) is 4.79 Å². The van der Waals surface area contributed by atoms with Gasteiger partial charge in [0.25, 0.3) is 0 Å². The molecule has 0 rings (SSSR count). The van der Waals surface area contributed by atoms with Gasteiger partial charge in [-0.25, -0.2) is 0 Å². The van der Waals surface area contributed by atoms with E-state index in [4.69, 9.17) is 0 Å². The second-order valence-corrected chi connectivity index (χ2v) is 6.27. The van der Waals surface area contributed by atoms with Gasteiger partial charge in [0.05, 0.1) is 11.5 Å². The number of rotatable bonds is 12. The fourth-order valence-corrected chi connectivity index (χ4v) is 3.22. The number of unbranched alkanes of at least 4 members (excludes halogenated alkanes) is 4. The molecule has 0 atom stereocenters. The first-order chi connectivity index (χ1) is 7.81. The molecule has 16 heavy (non-hydrogen) atoms. The van der Waals surface area contributed by atoms with Gasteiger partial charge in [0, 0.05) is 0 Å². The molecular weight excluding hydrogens is 236 g/mol. The Hall–Kier alpha value is 0.370. The van der Waals surface area contributed by atoms with E-state index < -0.39 is 0 Å². The van der Waals surface area contributed by atoms with Gasteiger partial charge in [0.15, 0.2) is 5.78 Å². The third kappa shape index (κ3) is 12.4. The summed E-state index contributed by atoms with van der Waals surface area (Å²) in [4.78, 5) is 11.5. The van der Waals surface area contributed by atoms with E-state index in [0.717, 1.165) is 23.0 Å². The van der Waals surface area contributed by atoms with E-state index in [1.807, 2.05) is 0 Å². The highest BCUT2D eigenvalue weighted by atomic mass is 32.2. The van der Waals surface area contributed by atoms with Crippen molar-refractivity contribution in [3.63, 3.8) is 0 Å². The van der Waals surface area contributed by atoms with Crippen LogP contribution in [0.25, 0.3) is 0 Å². The molecule has 0 fully saturated rings. The minimum Gasteiger partial charge on any atom is -0.298 e. The second kappa shape index (κ2) is 13.4. The minimum atomic E-state index is 0.419. The molecule has 0 aromatic heterocycles. The Kier molecular flexibility index (Phi) is 13.7. The smallest absolute Gasteiger partial charge is 0.152 e. The maximum atomic E-state index is 11.5. The van der Waals surface area contributed by atoms with E-state index in [-0.39, 0.29) is 0 Å². The molecule has 0 N–H and O–H groups in total. The van der Waals surface area contributed by atoms with Crippen molar-refractivity contribution in [2.75, 3.05) is 23.0 Å². The number of Topliss-reactive ketones (excluding diaryl/α,β-unsaturated/α-hetero) is 1. The molecule has 0 saturated carbocycles. The quantitative estimate of drug-likeness (QED) is 0.485. The molecule has 96 valence electrons. The Balaban J connectivity index is 3.12. The molecule has 0 spiro atoms. The first-order valence-corrected chi connectivity index (χ1v) is 8.79. The number of carbonyl (C=O) groups excluding carboxylic acids is 1. The Bertz CT molecular complexity index is 144. The van der Waals surface area contributed by atoms with Crippen molar-refractivity contribution in [3.8, 4) is 0 Å². The number of thioether (sulfide) groups is 2. The van der Waals surface area contributed by atoms with Crippen molar-refractivity contribution in [2.45, 2.75) is 52.4 Å².